The van der Waals surface area contributed by atoms with Gasteiger partial charge >= 0.3 is 0 Å². The van der Waals surface area contributed by atoms with Crippen molar-refractivity contribution in [3.8, 4) is 0 Å². The van der Waals surface area contributed by atoms with Gasteiger partial charge in [-0.15, -0.1) is 11.3 Å². The lowest BCUT2D eigenvalue weighted by atomic mass is 9.84. The van der Waals surface area contributed by atoms with Crippen molar-refractivity contribution in [2.75, 3.05) is 6.54 Å². The van der Waals surface area contributed by atoms with Crippen LogP contribution >= 0.6 is 11.3 Å². The summed E-state index contributed by atoms with van der Waals surface area (Å²) in [4.78, 5) is 1.43. The summed E-state index contributed by atoms with van der Waals surface area (Å²) >= 11 is 1.82. The van der Waals surface area contributed by atoms with Gasteiger partial charge in [0.15, 0.2) is 7.98 Å². The van der Waals surface area contributed by atoms with E-state index in [0.29, 0.717) is 17.8 Å². The van der Waals surface area contributed by atoms with Gasteiger partial charge in [0.2, 0.25) is 0 Å². The van der Waals surface area contributed by atoms with Crippen LogP contribution in [0.4, 0.5) is 0 Å². The minimum Gasteiger partial charge on any atom is -0.393 e. The molecule has 4 heteroatoms. The third-order valence-electron chi connectivity index (χ3n) is 4.03. The summed E-state index contributed by atoms with van der Waals surface area (Å²) in [5.41, 5.74) is 0. The van der Waals surface area contributed by atoms with E-state index in [2.05, 4.69) is 29.7 Å². The topological polar surface area (TPSA) is 32.3 Å². The average Bonchev–Trinajstić information content (AvgIpc) is 2.88. The molecule has 92 valence electrons. The van der Waals surface area contributed by atoms with Gasteiger partial charge in [-0.25, -0.2) is 0 Å². The first-order valence-corrected chi connectivity index (χ1v) is 7.24. The Morgan fingerprint density at radius 1 is 1.53 bits per heavy atom. The summed E-state index contributed by atoms with van der Waals surface area (Å²) < 4.78 is 0. The van der Waals surface area contributed by atoms with Gasteiger partial charge in [0, 0.05) is 4.88 Å². The second-order valence-electron chi connectivity index (χ2n) is 5.13. The molecule has 0 bridgehead atoms. The maximum atomic E-state index is 10.1. The first-order valence-electron chi connectivity index (χ1n) is 6.36. The van der Waals surface area contributed by atoms with Gasteiger partial charge in [-0.2, -0.15) is 0 Å². The highest BCUT2D eigenvalue weighted by molar-refractivity contribution is 7.09. The highest BCUT2D eigenvalue weighted by Crippen LogP contribution is 2.41. The third-order valence-corrected chi connectivity index (χ3v) is 4.93. The Hall–Kier alpha value is -0.315. The number of thiophene rings is 1. The fraction of sp³-hybridized carbons (Fsp3) is 0.692. The maximum Gasteiger partial charge on any atom is 0.177 e. The standard InChI is InChI=1S/C13H20BNOS/c1-9-7-13(16)11(4-5-15-14)12(9)8-10-3-2-6-17-10/h2-3,6,9,11-13,15-16H,4-5,7-8H2,1H3. The highest BCUT2D eigenvalue weighted by atomic mass is 32.1. The number of aliphatic hydroxyl groups is 1. The summed E-state index contributed by atoms with van der Waals surface area (Å²) in [6.07, 6.45) is 2.86. The van der Waals surface area contributed by atoms with E-state index >= 15 is 0 Å². The fourth-order valence-electron chi connectivity index (χ4n) is 3.11. The van der Waals surface area contributed by atoms with Crippen LogP contribution in [-0.4, -0.2) is 25.7 Å². The predicted octanol–water partition coefficient (Wildman–Crippen LogP) is 1.99. The van der Waals surface area contributed by atoms with Gasteiger partial charge < -0.3 is 10.3 Å². The molecule has 4 atom stereocenters. The molecule has 0 aromatic carbocycles. The smallest absolute Gasteiger partial charge is 0.177 e. The monoisotopic (exact) mass is 249 g/mol. The first-order chi connectivity index (χ1) is 8.22. The van der Waals surface area contributed by atoms with E-state index in [1.54, 1.807) is 0 Å². The van der Waals surface area contributed by atoms with Gasteiger partial charge in [-0.1, -0.05) is 13.0 Å². The Bertz CT molecular complexity index is 330. The number of rotatable bonds is 5. The summed E-state index contributed by atoms with van der Waals surface area (Å²) in [5, 5.41) is 14.9. The quantitative estimate of drug-likeness (QED) is 0.782. The zero-order chi connectivity index (χ0) is 12.3. The van der Waals surface area contributed by atoms with Crippen molar-refractivity contribution in [1.82, 2.24) is 5.23 Å². The number of aliphatic hydroxyl groups excluding tert-OH is 1. The molecule has 0 saturated heterocycles. The van der Waals surface area contributed by atoms with Gasteiger partial charge in [0.05, 0.1) is 6.10 Å². The van der Waals surface area contributed by atoms with E-state index in [9.17, 15) is 5.11 Å². The van der Waals surface area contributed by atoms with Crippen molar-refractivity contribution >= 4 is 19.3 Å². The molecular weight excluding hydrogens is 229 g/mol. The molecular formula is C13H20BNOS. The molecule has 1 fully saturated rings. The average molecular weight is 249 g/mol. The molecule has 4 unspecified atom stereocenters. The van der Waals surface area contributed by atoms with Crippen molar-refractivity contribution < 1.29 is 5.11 Å². The van der Waals surface area contributed by atoms with Crippen LogP contribution in [-0.2, 0) is 6.42 Å². The summed E-state index contributed by atoms with van der Waals surface area (Å²) in [6.45, 7) is 3.05. The molecule has 2 radical (unpaired) electrons. The van der Waals surface area contributed by atoms with Crippen LogP contribution in [0.1, 0.15) is 24.6 Å². The van der Waals surface area contributed by atoms with Crippen LogP contribution < -0.4 is 5.23 Å². The lowest BCUT2D eigenvalue weighted by Gasteiger charge is -2.23. The minimum atomic E-state index is -0.150. The third kappa shape index (κ3) is 3.12. The second kappa shape index (κ2) is 6.03. The first kappa shape index (κ1) is 13.1. The molecule has 2 rings (SSSR count). The molecule has 2 nitrogen and oxygen atoms in total. The van der Waals surface area contributed by atoms with Crippen LogP contribution in [0.25, 0.3) is 0 Å². The van der Waals surface area contributed by atoms with Gasteiger partial charge in [-0.3, -0.25) is 0 Å². The van der Waals surface area contributed by atoms with Crippen molar-refractivity contribution in [2.45, 2.75) is 32.3 Å². The molecule has 1 aromatic heterocycles. The van der Waals surface area contributed by atoms with E-state index in [1.807, 2.05) is 11.3 Å². The molecule has 17 heavy (non-hydrogen) atoms. The zero-order valence-electron chi connectivity index (χ0n) is 10.3. The van der Waals surface area contributed by atoms with Crippen LogP contribution in [0.3, 0.4) is 0 Å². The van der Waals surface area contributed by atoms with E-state index in [1.165, 1.54) is 4.88 Å². The van der Waals surface area contributed by atoms with Gasteiger partial charge in [-0.05, 0) is 55.0 Å². The number of nitrogens with one attached hydrogen (secondary N) is 1. The largest absolute Gasteiger partial charge is 0.393 e. The molecule has 1 aromatic rings. The van der Waals surface area contributed by atoms with Crippen LogP contribution in [0.15, 0.2) is 17.5 Å². The summed E-state index contributed by atoms with van der Waals surface area (Å²) in [7, 11) is 5.34. The summed E-state index contributed by atoms with van der Waals surface area (Å²) in [5.74, 6) is 1.59. The van der Waals surface area contributed by atoms with Gasteiger partial charge in [0.1, 0.15) is 0 Å². The molecule has 0 spiro atoms. The number of hydrogen-bond donors (Lipinski definition) is 2. The Balaban J connectivity index is 2.00. The Kier molecular flexibility index (Phi) is 4.65. The van der Waals surface area contributed by atoms with Crippen molar-refractivity contribution in [1.29, 1.82) is 0 Å². The van der Waals surface area contributed by atoms with Crippen LogP contribution in [0.2, 0.25) is 0 Å². The van der Waals surface area contributed by atoms with E-state index in [4.69, 9.17) is 7.98 Å². The normalized spacial score (nSPS) is 33.1. The Labute approximate surface area is 109 Å². The lowest BCUT2D eigenvalue weighted by molar-refractivity contribution is 0.112. The molecule has 1 saturated carbocycles. The molecule has 0 aliphatic heterocycles. The van der Waals surface area contributed by atoms with Gasteiger partial charge in [0.25, 0.3) is 0 Å². The lowest BCUT2D eigenvalue weighted by Crippen LogP contribution is -2.26. The number of hydrogen-bond acceptors (Lipinski definition) is 3. The van der Waals surface area contributed by atoms with Crippen molar-refractivity contribution in [2.24, 2.45) is 17.8 Å². The van der Waals surface area contributed by atoms with E-state index in [0.717, 1.165) is 25.8 Å². The van der Waals surface area contributed by atoms with Crippen LogP contribution in [0.5, 0.6) is 0 Å². The summed E-state index contributed by atoms with van der Waals surface area (Å²) in [6, 6.07) is 4.30. The molecule has 1 heterocycles. The zero-order valence-corrected chi connectivity index (χ0v) is 11.1. The molecule has 2 N–H and O–H groups in total. The maximum absolute atomic E-state index is 10.1. The highest BCUT2D eigenvalue weighted by Gasteiger charge is 2.39. The van der Waals surface area contributed by atoms with E-state index in [-0.39, 0.29) is 6.10 Å². The molecule has 0 amide bonds. The Morgan fingerprint density at radius 2 is 2.35 bits per heavy atom. The predicted molar refractivity (Wildman–Crippen MR) is 73.2 cm³/mol. The van der Waals surface area contributed by atoms with Crippen molar-refractivity contribution in [3.63, 3.8) is 0 Å². The Morgan fingerprint density at radius 3 is 3.00 bits per heavy atom. The van der Waals surface area contributed by atoms with E-state index < -0.39 is 0 Å². The molecule has 1 aliphatic carbocycles. The molecule has 1 aliphatic rings. The second-order valence-corrected chi connectivity index (χ2v) is 6.17. The van der Waals surface area contributed by atoms with Crippen molar-refractivity contribution in [3.05, 3.63) is 22.4 Å². The fourth-order valence-corrected chi connectivity index (χ4v) is 3.89. The SMILES string of the molecule is [B]NCCC1C(O)CC(C)C1Cc1cccs1. The minimum absolute atomic E-state index is 0.150. The van der Waals surface area contributed by atoms with Crippen LogP contribution in [0, 0.1) is 17.8 Å².